The van der Waals surface area contributed by atoms with Crippen LogP contribution >= 0.6 is 0 Å². The summed E-state index contributed by atoms with van der Waals surface area (Å²) in [6.07, 6.45) is 0. The van der Waals surface area contributed by atoms with Crippen LogP contribution in [-0.4, -0.2) is 16.8 Å². The summed E-state index contributed by atoms with van der Waals surface area (Å²) in [5, 5.41) is 3.08. The zero-order valence-electron chi connectivity index (χ0n) is 9.80. The number of nitrogens with zero attached hydrogens (tertiary/aromatic N) is 2. The zero-order chi connectivity index (χ0) is 12.5. The smallest absolute Gasteiger partial charge is 0.231 e. The van der Waals surface area contributed by atoms with Crippen LogP contribution in [0.25, 0.3) is 0 Å². The number of nitrogens with one attached hydrogen (secondary N) is 1. The lowest BCUT2D eigenvalue weighted by atomic mass is 10.3. The van der Waals surface area contributed by atoms with E-state index in [0.717, 1.165) is 17.1 Å². The number of ether oxygens (including phenoxy) is 2. The maximum Gasteiger partial charge on any atom is 0.231 e. The topological polar surface area (TPSA) is 82.3 Å². The van der Waals surface area contributed by atoms with Crippen LogP contribution in [0.1, 0.15) is 5.69 Å². The van der Waals surface area contributed by atoms with E-state index in [4.69, 9.17) is 15.2 Å². The first-order valence-corrected chi connectivity index (χ1v) is 5.48. The monoisotopic (exact) mass is 244 g/mol. The van der Waals surface area contributed by atoms with E-state index in [1.807, 2.05) is 25.1 Å². The second kappa shape index (κ2) is 4.06. The van der Waals surface area contributed by atoms with Gasteiger partial charge in [-0.1, -0.05) is 0 Å². The van der Waals surface area contributed by atoms with Crippen LogP contribution in [0.2, 0.25) is 0 Å². The maximum atomic E-state index is 5.67. The molecule has 1 aliphatic rings. The minimum absolute atomic E-state index is 0.257. The summed E-state index contributed by atoms with van der Waals surface area (Å²) in [7, 11) is 0. The fourth-order valence-electron chi connectivity index (χ4n) is 1.75. The van der Waals surface area contributed by atoms with E-state index in [1.54, 1.807) is 6.07 Å². The van der Waals surface area contributed by atoms with Gasteiger partial charge in [0.15, 0.2) is 11.5 Å². The number of anilines is 3. The molecule has 18 heavy (non-hydrogen) atoms. The predicted molar refractivity (Wildman–Crippen MR) is 67.0 cm³/mol. The van der Waals surface area contributed by atoms with Gasteiger partial charge in [-0.25, -0.2) is 4.98 Å². The molecule has 2 heterocycles. The fraction of sp³-hybridized carbons (Fsp3) is 0.167. The molecule has 0 saturated carbocycles. The van der Waals surface area contributed by atoms with Gasteiger partial charge in [0.25, 0.3) is 0 Å². The standard InChI is InChI=1S/C12H12N4O2/c1-7-4-11(13)16-12(14-7)15-8-2-3-9-10(5-8)18-6-17-9/h2-5H,6H2,1H3,(H3,13,14,15,16). The molecule has 0 bridgehead atoms. The Morgan fingerprint density at radius 1 is 1.17 bits per heavy atom. The number of benzene rings is 1. The molecule has 1 aromatic heterocycles. The van der Waals surface area contributed by atoms with Crippen molar-refractivity contribution in [1.29, 1.82) is 0 Å². The number of aryl methyl sites for hydroxylation is 1. The average Bonchev–Trinajstić information content (AvgIpc) is 2.74. The normalized spacial score (nSPS) is 12.5. The lowest BCUT2D eigenvalue weighted by Gasteiger charge is -2.07. The summed E-state index contributed by atoms with van der Waals surface area (Å²) in [5.41, 5.74) is 7.30. The summed E-state index contributed by atoms with van der Waals surface area (Å²) < 4.78 is 10.5. The van der Waals surface area contributed by atoms with Gasteiger partial charge in [0.1, 0.15) is 5.82 Å². The Balaban J connectivity index is 1.88. The third-order valence-corrected chi connectivity index (χ3v) is 2.50. The Kier molecular flexibility index (Phi) is 2.40. The number of nitrogen functional groups attached to an aromatic ring is 1. The Hall–Kier alpha value is -2.50. The van der Waals surface area contributed by atoms with Crippen LogP contribution < -0.4 is 20.5 Å². The van der Waals surface area contributed by atoms with Crippen LogP contribution in [0.3, 0.4) is 0 Å². The Morgan fingerprint density at radius 2 is 2.00 bits per heavy atom. The largest absolute Gasteiger partial charge is 0.454 e. The van der Waals surface area contributed by atoms with Crippen molar-refractivity contribution < 1.29 is 9.47 Å². The van der Waals surface area contributed by atoms with E-state index in [0.29, 0.717) is 17.5 Å². The number of nitrogens with two attached hydrogens (primary N) is 1. The number of hydrogen-bond acceptors (Lipinski definition) is 6. The van der Waals surface area contributed by atoms with E-state index in [-0.39, 0.29) is 6.79 Å². The zero-order valence-corrected chi connectivity index (χ0v) is 9.80. The molecule has 6 heteroatoms. The lowest BCUT2D eigenvalue weighted by molar-refractivity contribution is 0.174. The minimum Gasteiger partial charge on any atom is -0.454 e. The van der Waals surface area contributed by atoms with Crippen molar-refractivity contribution in [2.45, 2.75) is 6.92 Å². The molecule has 0 amide bonds. The van der Waals surface area contributed by atoms with Gasteiger partial charge in [0.2, 0.25) is 12.7 Å². The van der Waals surface area contributed by atoms with E-state index in [2.05, 4.69) is 15.3 Å². The molecule has 0 aliphatic carbocycles. The van der Waals surface area contributed by atoms with Gasteiger partial charge in [-0.3, -0.25) is 0 Å². The number of hydrogen-bond donors (Lipinski definition) is 2. The third-order valence-electron chi connectivity index (χ3n) is 2.50. The van der Waals surface area contributed by atoms with Crippen molar-refractivity contribution in [2.24, 2.45) is 0 Å². The van der Waals surface area contributed by atoms with Crippen LogP contribution in [0.5, 0.6) is 11.5 Å². The summed E-state index contributed by atoms with van der Waals surface area (Å²) in [6, 6.07) is 7.26. The lowest BCUT2D eigenvalue weighted by Crippen LogP contribution is -2.01. The molecule has 3 rings (SSSR count). The van der Waals surface area contributed by atoms with Gasteiger partial charge in [0.05, 0.1) is 0 Å². The second-order valence-electron chi connectivity index (χ2n) is 3.95. The first kappa shape index (κ1) is 10.6. The molecular weight excluding hydrogens is 232 g/mol. The van der Waals surface area contributed by atoms with E-state index >= 15 is 0 Å². The van der Waals surface area contributed by atoms with Gasteiger partial charge < -0.3 is 20.5 Å². The van der Waals surface area contributed by atoms with Crippen LogP contribution in [-0.2, 0) is 0 Å². The molecule has 0 spiro atoms. The summed E-state index contributed by atoms with van der Waals surface area (Å²) in [4.78, 5) is 8.35. The van der Waals surface area contributed by atoms with Gasteiger partial charge in [-0.15, -0.1) is 0 Å². The van der Waals surface area contributed by atoms with Crippen molar-refractivity contribution in [3.8, 4) is 11.5 Å². The molecule has 6 nitrogen and oxygen atoms in total. The molecule has 1 aromatic carbocycles. The van der Waals surface area contributed by atoms with Gasteiger partial charge >= 0.3 is 0 Å². The third kappa shape index (κ3) is 2.00. The molecule has 3 N–H and O–H groups in total. The molecule has 0 saturated heterocycles. The summed E-state index contributed by atoms with van der Waals surface area (Å²) >= 11 is 0. The number of aromatic nitrogens is 2. The first-order chi connectivity index (χ1) is 8.70. The van der Waals surface area contributed by atoms with Crippen molar-refractivity contribution in [3.63, 3.8) is 0 Å². The van der Waals surface area contributed by atoms with Crippen molar-refractivity contribution in [2.75, 3.05) is 17.8 Å². The molecule has 0 fully saturated rings. The Labute approximate surface area is 104 Å². The van der Waals surface area contributed by atoms with Gasteiger partial charge in [-0.05, 0) is 19.1 Å². The van der Waals surface area contributed by atoms with Crippen molar-refractivity contribution in [3.05, 3.63) is 30.0 Å². The predicted octanol–water partition coefficient (Wildman–Crippen LogP) is 1.84. The van der Waals surface area contributed by atoms with Crippen LogP contribution in [0.4, 0.5) is 17.5 Å². The molecule has 0 unspecified atom stereocenters. The Morgan fingerprint density at radius 3 is 2.83 bits per heavy atom. The summed E-state index contributed by atoms with van der Waals surface area (Å²) in [5.74, 6) is 2.35. The average molecular weight is 244 g/mol. The quantitative estimate of drug-likeness (QED) is 0.838. The van der Waals surface area contributed by atoms with Gasteiger partial charge in [0, 0.05) is 23.5 Å². The highest BCUT2D eigenvalue weighted by molar-refractivity contribution is 5.60. The Bertz CT molecular complexity index is 580. The van der Waals surface area contributed by atoms with Crippen molar-refractivity contribution >= 4 is 17.5 Å². The maximum absolute atomic E-state index is 5.67. The van der Waals surface area contributed by atoms with E-state index < -0.39 is 0 Å². The summed E-state index contributed by atoms with van der Waals surface area (Å²) in [6.45, 7) is 2.12. The second-order valence-corrected chi connectivity index (χ2v) is 3.95. The van der Waals surface area contributed by atoms with Crippen molar-refractivity contribution in [1.82, 2.24) is 9.97 Å². The molecule has 1 aliphatic heterocycles. The van der Waals surface area contributed by atoms with E-state index in [1.165, 1.54) is 0 Å². The number of fused-ring (bicyclic) bond motifs is 1. The van der Waals surface area contributed by atoms with E-state index in [9.17, 15) is 0 Å². The van der Waals surface area contributed by atoms with Crippen LogP contribution in [0.15, 0.2) is 24.3 Å². The number of rotatable bonds is 2. The molecular formula is C12H12N4O2. The highest BCUT2D eigenvalue weighted by Gasteiger charge is 2.13. The SMILES string of the molecule is Cc1cc(N)nc(Nc2ccc3c(c2)OCO3)n1. The highest BCUT2D eigenvalue weighted by atomic mass is 16.7. The van der Waals surface area contributed by atoms with Crippen LogP contribution in [0, 0.1) is 6.92 Å². The highest BCUT2D eigenvalue weighted by Crippen LogP contribution is 2.34. The van der Waals surface area contributed by atoms with Gasteiger partial charge in [-0.2, -0.15) is 4.98 Å². The molecule has 0 atom stereocenters. The molecule has 92 valence electrons. The molecule has 2 aromatic rings. The fourth-order valence-corrected chi connectivity index (χ4v) is 1.75. The minimum atomic E-state index is 0.257. The molecule has 0 radical (unpaired) electrons. The first-order valence-electron chi connectivity index (χ1n) is 5.48.